The number of aromatic nitrogens is 2. The molecule has 1 aromatic carbocycles. The minimum atomic E-state index is -4.02. The lowest BCUT2D eigenvalue weighted by Crippen LogP contribution is -2.15. The number of rotatable bonds is 5. The SMILES string of the molecule is NNc1ccc(S(=O)(=O)Nc2cnccn2)cc1[N+](=O)[O-]. The Kier molecular flexibility index (Phi) is 3.95. The number of nitrogen functional groups attached to an aromatic ring is 1. The third-order valence-electron chi connectivity index (χ3n) is 2.43. The number of nitrogens with two attached hydrogens (primary N) is 1. The number of hydrogen-bond acceptors (Lipinski definition) is 8. The van der Waals surface area contributed by atoms with E-state index >= 15 is 0 Å². The van der Waals surface area contributed by atoms with E-state index in [2.05, 4.69) is 20.1 Å². The van der Waals surface area contributed by atoms with Crippen molar-refractivity contribution in [2.75, 3.05) is 10.1 Å². The minimum absolute atomic E-state index is 0.00109. The first-order chi connectivity index (χ1) is 9.94. The van der Waals surface area contributed by atoms with Crippen LogP contribution in [0.15, 0.2) is 41.7 Å². The Bertz CT molecular complexity index is 764. The van der Waals surface area contributed by atoms with Crippen LogP contribution in [0.5, 0.6) is 0 Å². The molecule has 10 nitrogen and oxygen atoms in total. The van der Waals surface area contributed by atoms with E-state index in [-0.39, 0.29) is 16.4 Å². The van der Waals surface area contributed by atoms with Gasteiger partial charge in [0.1, 0.15) is 5.69 Å². The lowest BCUT2D eigenvalue weighted by molar-refractivity contribution is -0.384. The topological polar surface area (TPSA) is 153 Å². The van der Waals surface area contributed by atoms with Gasteiger partial charge in [-0.25, -0.2) is 13.4 Å². The highest BCUT2D eigenvalue weighted by molar-refractivity contribution is 7.92. The van der Waals surface area contributed by atoms with Crippen LogP contribution in [0.25, 0.3) is 0 Å². The molecule has 4 N–H and O–H groups in total. The Morgan fingerprint density at radius 2 is 2.05 bits per heavy atom. The molecule has 0 saturated carbocycles. The first-order valence-electron chi connectivity index (χ1n) is 5.48. The number of nitrogens with zero attached hydrogens (tertiary/aromatic N) is 3. The number of nitrogens with one attached hydrogen (secondary N) is 2. The van der Waals surface area contributed by atoms with Crippen LogP contribution in [0.3, 0.4) is 0 Å². The molecule has 0 bridgehead atoms. The highest BCUT2D eigenvalue weighted by Crippen LogP contribution is 2.27. The van der Waals surface area contributed by atoms with Crippen molar-refractivity contribution in [2.24, 2.45) is 5.84 Å². The number of nitro groups is 1. The predicted octanol–water partition coefficient (Wildman–Crippen LogP) is 0.471. The molecule has 0 aliphatic carbocycles. The Labute approximate surface area is 119 Å². The zero-order chi connectivity index (χ0) is 15.5. The molecular formula is C10H10N6O4S. The van der Waals surface area contributed by atoms with Gasteiger partial charge in [0.05, 0.1) is 16.0 Å². The van der Waals surface area contributed by atoms with E-state index in [1.807, 2.05) is 0 Å². The van der Waals surface area contributed by atoms with Crippen LogP contribution in [0, 0.1) is 10.1 Å². The van der Waals surface area contributed by atoms with Crippen molar-refractivity contribution < 1.29 is 13.3 Å². The van der Waals surface area contributed by atoms with E-state index in [0.29, 0.717) is 0 Å². The molecule has 0 radical (unpaired) electrons. The molecule has 1 aromatic heterocycles. The molecular weight excluding hydrogens is 300 g/mol. The third-order valence-corrected chi connectivity index (χ3v) is 3.79. The number of anilines is 2. The van der Waals surface area contributed by atoms with Crippen LogP contribution in [-0.4, -0.2) is 23.3 Å². The molecule has 0 aliphatic rings. The second-order valence-electron chi connectivity index (χ2n) is 3.78. The van der Waals surface area contributed by atoms with Gasteiger partial charge in [0.25, 0.3) is 15.7 Å². The van der Waals surface area contributed by atoms with E-state index in [1.165, 1.54) is 30.7 Å². The smallest absolute Gasteiger partial charge is 0.295 e. The molecule has 110 valence electrons. The van der Waals surface area contributed by atoms with Gasteiger partial charge in [-0.3, -0.25) is 25.7 Å². The summed E-state index contributed by atoms with van der Waals surface area (Å²) in [5.74, 6) is 5.13. The molecule has 1 heterocycles. The normalized spacial score (nSPS) is 10.9. The maximum absolute atomic E-state index is 12.1. The zero-order valence-corrected chi connectivity index (χ0v) is 11.2. The molecule has 0 unspecified atom stereocenters. The highest BCUT2D eigenvalue weighted by Gasteiger charge is 2.21. The number of hydrogen-bond donors (Lipinski definition) is 3. The summed E-state index contributed by atoms with van der Waals surface area (Å²) in [7, 11) is -4.02. The highest BCUT2D eigenvalue weighted by atomic mass is 32.2. The lowest BCUT2D eigenvalue weighted by Gasteiger charge is -2.08. The van der Waals surface area contributed by atoms with Crippen LogP contribution >= 0.6 is 0 Å². The van der Waals surface area contributed by atoms with Crippen molar-refractivity contribution in [1.29, 1.82) is 0 Å². The van der Waals surface area contributed by atoms with E-state index in [4.69, 9.17) is 5.84 Å². The molecule has 2 rings (SSSR count). The van der Waals surface area contributed by atoms with Gasteiger partial charge in [0.2, 0.25) is 0 Å². The summed E-state index contributed by atoms with van der Waals surface area (Å²) in [4.78, 5) is 17.3. The van der Waals surface area contributed by atoms with Crippen LogP contribution in [0.4, 0.5) is 17.2 Å². The van der Waals surface area contributed by atoms with Crippen molar-refractivity contribution >= 4 is 27.2 Å². The van der Waals surface area contributed by atoms with Crippen molar-refractivity contribution in [3.05, 3.63) is 46.9 Å². The monoisotopic (exact) mass is 310 g/mol. The van der Waals surface area contributed by atoms with E-state index < -0.39 is 20.6 Å². The molecule has 0 saturated heterocycles. The molecule has 21 heavy (non-hydrogen) atoms. The summed E-state index contributed by atoms with van der Waals surface area (Å²) in [5, 5.41) is 10.9. The second-order valence-corrected chi connectivity index (χ2v) is 5.46. The first kappa shape index (κ1) is 14.6. The fraction of sp³-hybridized carbons (Fsp3) is 0. The van der Waals surface area contributed by atoms with Gasteiger partial charge in [-0.05, 0) is 12.1 Å². The van der Waals surface area contributed by atoms with Crippen LogP contribution in [0.2, 0.25) is 0 Å². The Balaban J connectivity index is 2.41. The summed E-state index contributed by atoms with van der Waals surface area (Å²) < 4.78 is 26.4. The van der Waals surface area contributed by atoms with E-state index in [0.717, 1.165) is 6.07 Å². The van der Waals surface area contributed by atoms with Crippen molar-refractivity contribution in [3.63, 3.8) is 0 Å². The lowest BCUT2D eigenvalue weighted by atomic mass is 10.3. The molecule has 2 aromatic rings. The van der Waals surface area contributed by atoms with Gasteiger partial charge >= 0.3 is 0 Å². The standard InChI is InChI=1S/C10H10N6O4S/c11-14-8-2-1-7(5-9(8)16(17)18)21(19,20)15-10-6-12-3-4-13-10/h1-6,14H,11H2,(H,13,15). The van der Waals surface area contributed by atoms with Crippen molar-refractivity contribution in [1.82, 2.24) is 9.97 Å². The van der Waals surface area contributed by atoms with Gasteiger partial charge in [-0.2, -0.15) is 0 Å². The fourth-order valence-electron chi connectivity index (χ4n) is 1.50. The Hall–Kier alpha value is -2.79. The predicted molar refractivity (Wildman–Crippen MR) is 73.7 cm³/mol. The van der Waals surface area contributed by atoms with Gasteiger partial charge in [0, 0.05) is 18.5 Å². The quantitative estimate of drug-likeness (QED) is 0.409. The summed E-state index contributed by atoms with van der Waals surface area (Å²) in [6.45, 7) is 0. The molecule has 0 fully saturated rings. The molecule has 0 atom stereocenters. The maximum Gasteiger partial charge on any atom is 0.295 e. The average molecular weight is 310 g/mol. The van der Waals surface area contributed by atoms with Crippen LogP contribution in [0.1, 0.15) is 0 Å². The minimum Gasteiger partial charge on any atom is -0.318 e. The van der Waals surface area contributed by atoms with Gasteiger partial charge in [-0.1, -0.05) is 0 Å². The molecule has 11 heteroatoms. The van der Waals surface area contributed by atoms with Crippen LogP contribution in [-0.2, 0) is 10.0 Å². The van der Waals surface area contributed by atoms with Crippen molar-refractivity contribution in [3.8, 4) is 0 Å². The van der Waals surface area contributed by atoms with Gasteiger partial charge < -0.3 is 5.43 Å². The fourth-order valence-corrected chi connectivity index (χ4v) is 2.51. The largest absolute Gasteiger partial charge is 0.318 e. The summed E-state index contributed by atoms with van der Waals surface area (Å²) in [5.41, 5.74) is 1.67. The van der Waals surface area contributed by atoms with Gasteiger partial charge in [0.15, 0.2) is 5.82 Å². The third kappa shape index (κ3) is 3.21. The van der Waals surface area contributed by atoms with E-state index in [9.17, 15) is 18.5 Å². The average Bonchev–Trinajstić information content (AvgIpc) is 2.47. The summed E-state index contributed by atoms with van der Waals surface area (Å²) in [6.07, 6.45) is 3.90. The number of hydrazine groups is 1. The molecule has 0 spiro atoms. The van der Waals surface area contributed by atoms with Crippen LogP contribution < -0.4 is 16.0 Å². The van der Waals surface area contributed by atoms with Gasteiger partial charge in [-0.15, -0.1) is 0 Å². The Morgan fingerprint density at radius 3 is 2.62 bits per heavy atom. The Morgan fingerprint density at radius 1 is 1.29 bits per heavy atom. The molecule has 0 aliphatic heterocycles. The molecule has 0 amide bonds. The van der Waals surface area contributed by atoms with Crippen molar-refractivity contribution in [2.45, 2.75) is 4.90 Å². The summed E-state index contributed by atoms with van der Waals surface area (Å²) in [6, 6.07) is 3.28. The number of benzene rings is 1. The number of nitro benzene ring substituents is 1. The second kappa shape index (κ2) is 5.68. The zero-order valence-electron chi connectivity index (χ0n) is 10.4. The number of sulfonamides is 1. The first-order valence-corrected chi connectivity index (χ1v) is 6.96. The van der Waals surface area contributed by atoms with E-state index in [1.54, 1.807) is 0 Å². The summed E-state index contributed by atoms with van der Waals surface area (Å²) >= 11 is 0. The maximum atomic E-state index is 12.1.